The minimum Gasteiger partial charge on any atom is -0.372 e. The van der Waals surface area contributed by atoms with Crippen LogP contribution in [-0.2, 0) is 0 Å². The van der Waals surface area contributed by atoms with E-state index in [1.54, 1.807) is 6.08 Å². The molecule has 0 bridgehead atoms. The zero-order valence-corrected chi connectivity index (χ0v) is 9.37. The molecule has 0 unspecified atom stereocenters. The molecule has 0 aromatic carbocycles. The predicted octanol–water partition coefficient (Wildman–Crippen LogP) is 3.10. The topological polar surface area (TPSA) is 35.8 Å². The normalized spacial score (nSPS) is 11.8. The number of halogens is 2. The van der Waals surface area contributed by atoms with Crippen LogP contribution in [0.4, 0.5) is 0 Å². The summed E-state index contributed by atoms with van der Waals surface area (Å²) < 4.78 is 0.128. The number of hydrogen-bond donors (Lipinski definition) is 1. The van der Waals surface area contributed by atoms with Gasteiger partial charge in [0.15, 0.2) is 0 Å². The molecule has 0 aliphatic carbocycles. The van der Waals surface area contributed by atoms with Crippen molar-refractivity contribution in [1.82, 2.24) is 5.32 Å². The van der Waals surface area contributed by atoms with Gasteiger partial charge in [0.25, 0.3) is 0 Å². The predicted molar refractivity (Wildman–Crippen MR) is 56.4 cm³/mol. The van der Waals surface area contributed by atoms with Crippen molar-refractivity contribution in [1.29, 1.82) is 5.26 Å². The minimum absolute atomic E-state index is 0.128. The molecule has 13 heavy (non-hydrogen) atoms. The van der Waals surface area contributed by atoms with E-state index in [2.05, 4.69) is 5.32 Å². The SMILES string of the molecule is CC(C)(C)N/C(C#N)=C/C=C(Cl)Cl. The maximum Gasteiger partial charge on any atom is 0.117 e. The van der Waals surface area contributed by atoms with Crippen molar-refractivity contribution >= 4 is 23.2 Å². The number of nitrogens with one attached hydrogen (secondary N) is 1. The fourth-order valence-electron chi connectivity index (χ4n) is 0.657. The summed E-state index contributed by atoms with van der Waals surface area (Å²) in [7, 11) is 0. The fraction of sp³-hybridized carbons (Fsp3) is 0.444. The molecular formula is C9H12Cl2N2. The number of nitriles is 1. The molecule has 0 atom stereocenters. The highest BCUT2D eigenvalue weighted by Crippen LogP contribution is 2.08. The molecule has 72 valence electrons. The first-order valence-corrected chi connectivity index (χ1v) is 4.52. The summed E-state index contributed by atoms with van der Waals surface area (Å²) in [4.78, 5) is 0. The van der Waals surface area contributed by atoms with E-state index >= 15 is 0 Å². The van der Waals surface area contributed by atoms with E-state index in [1.165, 1.54) is 6.08 Å². The Labute approximate surface area is 88.8 Å². The van der Waals surface area contributed by atoms with Gasteiger partial charge in [-0.3, -0.25) is 0 Å². The third kappa shape index (κ3) is 7.70. The van der Waals surface area contributed by atoms with Gasteiger partial charge >= 0.3 is 0 Å². The van der Waals surface area contributed by atoms with Crippen LogP contribution < -0.4 is 5.32 Å². The van der Waals surface area contributed by atoms with Crippen LogP contribution in [0.3, 0.4) is 0 Å². The van der Waals surface area contributed by atoms with Gasteiger partial charge in [0.1, 0.15) is 16.3 Å². The maximum absolute atomic E-state index is 8.71. The van der Waals surface area contributed by atoms with Gasteiger partial charge in [0.05, 0.1) is 0 Å². The smallest absolute Gasteiger partial charge is 0.117 e. The molecule has 0 rings (SSSR count). The summed E-state index contributed by atoms with van der Waals surface area (Å²) in [6.07, 6.45) is 3.00. The van der Waals surface area contributed by atoms with Crippen LogP contribution in [0.15, 0.2) is 22.3 Å². The third-order valence-corrected chi connectivity index (χ3v) is 1.26. The van der Waals surface area contributed by atoms with Crippen molar-refractivity contribution in [3.63, 3.8) is 0 Å². The molecular weight excluding hydrogens is 207 g/mol. The van der Waals surface area contributed by atoms with Crippen molar-refractivity contribution in [3.05, 3.63) is 22.3 Å². The van der Waals surface area contributed by atoms with Crippen molar-refractivity contribution in [2.75, 3.05) is 0 Å². The maximum atomic E-state index is 8.71. The van der Waals surface area contributed by atoms with E-state index in [0.717, 1.165) is 0 Å². The molecule has 1 N–H and O–H groups in total. The van der Waals surface area contributed by atoms with Crippen LogP contribution in [0.1, 0.15) is 20.8 Å². The molecule has 2 nitrogen and oxygen atoms in total. The molecule has 0 fully saturated rings. The van der Waals surface area contributed by atoms with E-state index in [1.807, 2.05) is 26.8 Å². The van der Waals surface area contributed by atoms with Crippen LogP contribution in [0.25, 0.3) is 0 Å². The van der Waals surface area contributed by atoms with Gasteiger partial charge in [-0.2, -0.15) is 5.26 Å². The summed E-state index contributed by atoms with van der Waals surface area (Å²) in [5.74, 6) is 0. The van der Waals surface area contributed by atoms with Crippen LogP contribution >= 0.6 is 23.2 Å². The van der Waals surface area contributed by atoms with Crippen molar-refractivity contribution < 1.29 is 0 Å². The number of hydrogen-bond acceptors (Lipinski definition) is 2. The minimum atomic E-state index is -0.145. The lowest BCUT2D eigenvalue weighted by molar-refractivity contribution is 0.480. The molecule has 0 spiro atoms. The lowest BCUT2D eigenvalue weighted by atomic mass is 10.1. The van der Waals surface area contributed by atoms with E-state index in [4.69, 9.17) is 28.5 Å². The zero-order chi connectivity index (χ0) is 10.5. The first-order chi connectivity index (χ1) is 5.85. The zero-order valence-electron chi connectivity index (χ0n) is 7.86. The lowest BCUT2D eigenvalue weighted by Gasteiger charge is -2.20. The average Bonchev–Trinajstić information content (AvgIpc) is 1.95. The van der Waals surface area contributed by atoms with E-state index < -0.39 is 0 Å². The second kappa shape index (κ2) is 5.16. The summed E-state index contributed by atoms with van der Waals surface area (Å²) in [6, 6.07) is 2.00. The quantitative estimate of drug-likeness (QED) is 0.572. The molecule has 0 saturated heterocycles. The van der Waals surface area contributed by atoms with Crippen molar-refractivity contribution in [2.45, 2.75) is 26.3 Å². The Hall–Kier alpha value is -0.650. The molecule has 0 amide bonds. The van der Waals surface area contributed by atoms with Gasteiger partial charge in [-0.25, -0.2) is 0 Å². The standard InChI is InChI=1S/C9H12Cl2N2/c1-9(2,3)13-7(6-12)4-5-8(10)11/h4-5,13H,1-3H3/b7-4+. The van der Waals surface area contributed by atoms with Gasteiger partial charge in [0.2, 0.25) is 0 Å². The molecule has 0 aliphatic heterocycles. The second-order valence-corrected chi connectivity index (χ2v) is 4.53. The number of nitrogens with zero attached hydrogens (tertiary/aromatic N) is 1. The molecule has 0 aromatic rings. The Morgan fingerprint density at radius 1 is 1.31 bits per heavy atom. The summed E-state index contributed by atoms with van der Waals surface area (Å²) >= 11 is 10.8. The van der Waals surface area contributed by atoms with Gasteiger partial charge in [-0.1, -0.05) is 23.2 Å². The highest BCUT2D eigenvalue weighted by molar-refractivity contribution is 6.55. The Bertz CT molecular complexity index is 262. The highest BCUT2D eigenvalue weighted by atomic mass is 35.5. The molecule has 0 heterocycles. The number of rotatable bonds is 2. The van der Waals surface area contributed by atoms with Gasteiger partial charge < -0.3 is 5.32 Å². The van der Waals surface area contributed by atoms with Gasteiger partial charge in [0, 0.05) is 5.54 Å². The van der Waals surface area contributed by atoms with E-state index in [0.29, 0.717) is 5.70 Å². The summed E-state index contributed by atoms with van der Waals surface area (Å²) in [6.45, 7) is 5.89. The van der Waals surface area contributed by atoms with Gasteiger partial charge in [-0.15, -0.1) is 0 Å². The fourth-order valence-corrected chi connectivity index (χ4v) is 0.783. The van der Waals surface area contributed by atoms with Crippen molar-refractivity contribution in [3.8, 4) is 6.07 Å². The average molecular weight is 219 g/mol. The number of allylic oxidation sites excluding steroid dienone is 3. The lowest BCUT2D eigenvalue weighted by Crippen LogP contribution is -2.34. The highest BCUT2D eigenvalue weighted by Gasteiger charge is 2.09. The summed E-state index contributed by atoms with van der Waals surface area (Å²) in [5.41, 5.74) is 0.292. The Balaban J connectivity index is 4.47. The third-order valence-electron chi connectivity index (χ3n) is 1.01. The summed E-state index contributed by atoms with van der Waals surface area (Å²) in [5, 5.41) is 11.7. The Morgan fingerprint density at radius 3 is 2.15 bits per heavy atom. The van der Waals surface area contributed by atoms with E-state index in [9.17, 15) is 0 Å². The first kappa shape index (κ1) is 12.3. The largest absolute Gasteiger partial charge is 0.372 e. The van der Waals surface area contributed by atoms with Gasteiger partial charge in [-0.05, 0) is 32.9 Å². The molecule has 0 saturated carbocycles. The van der Waals surface area contributed by atoms with Crippen LogP contribution in [-0.4, -0.2) is 5.54 Å². The molecule has 0 radical (unpaired) electrons. The van der Waals surface area contributed by atoms with Crippen LogP contribution in [0.5, 0.6) is 0 Å². The Kier molecular flexibility index (Phi) is 4.90. The monoisotopic (exact) mass is 218 g/mol. The molecule has 4 heteroatoms. The van der Waals surface area contributed by atoms with E-state index in [-0.39, 0.29) is 10.0 Å². The molecule has 0 aliphatic rings. The van der Waals surface area contributed by atoms with Crippen LogP contribution in [0.2, 0.25) is 0 Å². The van der Waals surface area contributed by atoms with Crippen LogP contribution in [0, 0.1) is 11.3 Å². The Morgan fingerprint density at radius 2 is 1.85 bits per heavy atom. The second-order valence-electron chi connectivity index (χ2n) is 3.52. The van der Waals surface area contributed by atoms with Crippen molar-refractivity contribution in [2.24, 2.45) is 0 Å². The first-order valence-electron chi connectivity index (χ1n) is 3.76. The molecule has 0 aromatic heterocycles.